The molecule has 2 fully saturated rings. The van der Waals surface area contributed by atoms with Crippen molar-refractivity contribution in [1.29, 1.82) is 0 Å². The molecule has 2 aromatic carbocycles. The molecule has 10 nitrogen and oxygen atoms in total. The first kappa shape index (κ1) is 29.9. The third-order valence-corrected chi connectivity index (χ3v) is 8.51. The maximum absolute atomic E-state index is 14.4. The highest BCUT2D eigenvalue weighted by Crippen LogP contribution is 2.33. The van der Waals surface area contributed by atoms with Crippen LogP contribution >= 0.6 is 0 Å². The fraction of sp³-hybridized carbons (Fsp3) is 0.516. The Kier molecular flexibility index (Phi) is 9.40. The van der Waals surface area contributed by atoms with Crippen LogP contribution in [0.15, 0.2) is 48.5 Å². The zero-order valence-electron chi connectivity index (χ0n) is 24.3. The number of rotatable bonds is 9. The van der Waals surface area contributed by atoms with E-state index in [-0.39, 0.29) is 30.0 Å². The van der Waals surface area contributed by atoms with Crippen LogP contribution in [0, 0.1) is 5.82 Å². The summed E-state index contributed by atoms with van der Waals surface area (Å²) in [6.07, 6.45) is 1.37. The summed E-state index contributed by atoms with van der Waals surface area (Å²) in [6, 6.07) is 10.4. The van der Waals surface area contributed by atoms with E-state index in [0.717, 1.165) is 17.7 Å². The number of para-hydroxylation sites is 1. The molecule has 2 saturated heterocycles. The minimum absolute atomic E-state index is 0.0131. The first-order valence-electron chi connectivity index (χ1n) is 14.7. The van der Waals surface area contributed by atoms with Gasteiger partial charge in [-0.3, -0.25) is 19.3 Å². The Bertz CT molecular complexity index is 1280. The van der Waals surface area contributed by atoms with Crippen LogP contribution in [0.25, 0.3) is 0 Å². The Balaban J connectivity index is 1.44. The van der Waals surface area contributed by atoms with E-state index in [0.29, 0.717) is 44.8 Å². The minimum atomic E-state index is -1.09. The summed E-state index contributed by atoms with van der Waals surface area (Å²) < 4.78 is 25.5. The molecule has 2 aromatic rings. The molecule has 0 aromatic heterocycles. The maximum Gasteiger partial charge on any atom is 0.250 e. The zero-order chi connectivity index (χ0) is 29.8. The van der Waals surface area contributed by atoms with Crippen LogP contribution in [0.2, 0.25) is 0 Å². The van der Waals surface area contributed by atoms with Gasteiger partial charge in [-0.1, -0.05) is 30.3 Å². The van der Waals surface area contributed by atoms with E-state index in [1.165, 1.54) is 24.3 Å². The van der Waals surface area contributed by atoms with Crippen molar-refractivity contribution in [3.05, 3.63) is 65.5 Å². The van der Waals surface area contributed by atoms with Crippen molar-refractivity contribution in [2.75, 3.05) is 39.9 Å². The number of ether oxygens (including phenoxy) is 2. The van der Waals surface area contributed by atoms with Crippen molar-refractivity contribution in [2.45, 2.75) is 63.0 Å². The molecule has 42 heavy (non-hydrogen) atoms. The normalized spacial score (nSPS) is 25.0. The van der Waals surface area contributed by atoms with E-state index < -0.39 is 29.8 Å². The fourth-order valence-corrected chi connectivity index (χ4v) is 6.12. The van der Waals surface area contributed by atoms with Gasteiger partial charge in [0.2, 0.25) is 11.8 Å². The third kappa shape index (κ3) is 6.43. The molecule has 3 aliphatic rings. The maximum atomic E-state index is 14.4. The predicted octanol–water partition coefficient (Wildman–Crippen LogP) is 1.92. The van der Waals surface area contributed by atoms with Gasteiger partial charge in [0.1, 0.15) is 23.7 Å². The molecule has 0 radical (unpaired) electrons. The van der Waals surface area contributed by atoms with E-state index in [1.807, 2.05) is 31.2 Å². The first-order chi connectivity index (χ1) is 20.3. The van der Waals surface area contributed by atoms with Gasteiger partial charge >= 0.3 is 0 Å². The molecule has 226 valence electrons. The van der Waals surface area contributed by atoms with Crippen molar-refractivity contribution >= 4 is 17.7 Å². The van der Waals surface area contributed by atoms with Crippen molar-refractivity contribution in [3.8, 4) is 5.75 Å². The third-order valence-electron chi connectivity index (χ3n) is 8.51. The average Bonchev–Trinajstić information content (AvgIpc) is 3.40. The number of hydrogen-bond donors (Lipinski definition) is 3. The highest BCUT2D eigenvalue weighted by molar-refractivity contribution is 5.94. The summed E-state index contributed by atoms with van der Waals surface area (Å²) in [4.78, 5) is 45.2. The van der Waals surface area contributed by atoms with Crippen LogP contribution in [0.4, 0.5) is 4.39 Å². The second kappa shape index (κ2) is 13.2. The zero-order valence-corrected chi connectivity index (χ0v) is 24.3. The molecule has 3 heterocycles. The lowest BCUT2D eigenvalue weighted by molar-refractivity contribution is -0.148. The number of halogens is 1. The van der Waals surface area contributed by atoms with Gasteiger partial charge in [0.15, 0.2) is 0 Å². The lowest BCUT2D eigenvalue weighted by Gasteiger charge is -2.44. The van der Waals surface area contributed by atoms with Gasteiger partial charge in [0.05, 0.1) is 24.8 Å². The number of likely N-dealkylation sites (N-methyl/N-ethyl adjacent to an activating group) is 1. The minimum Gasteiger partial charge on any atom is -0.493 e. The Labute approximate surface area is 245 Å². The number of benzene rings is 2. The largest absolute Gasteiger partial charge is 0.493 e. The summed E-state index contributed by atoms with van der Waals surface area (Å²) in [5.74, 6) is -0.768. The molecule has 3 amide bonds. The van der Waals surface area contributed by atoms with Crippen LogP contribution in [0.1, 0.15) is 49.9 Å². The van der Waals surface area contributed by atoms with Crippen molar-refractivity contribution < 1.29 is 28.2 Å². The van der Waals surface area contributed by atoms with E-state index in [9.17, 15) is 18.8 Å². The highest BCUT2D eigenvalue weighted by Gasteiger charge is 2.46. The molecule has 0 saturated carbocycles. The number of nitrogens with zero attached hydrogens (tertiary/aromatic N) is 2. The smallest absolute Gasteiger partial charge is 0.250 e. The molecule has 0 bridgehead atoms. The van der Waals surface area contributed by atoms with Gasteiger partial charge in [0, 0.05) is 44.3 Å². The van der Waals surface area contributed by atoms with E-state index in [4.69, 9.17) is 9.47 Å². The average molecular weight is 582 g/mol. The molecule has 0 aliphatic carbocycles. The van der Waals surface area contributed by atoms with Gasteiger partial charge in [-0.05, 0) is 51.1 Å². The number of carbonyl (C=O) groups excluding carboxylic acids is 3. The number of nitrogens with one attached hydrogen (secondary N) is 3. The Hall–Kier alpha value is -3.54. The van der Waals surface area contributed by atoms with E-state index in [2.05, 4.69) is 20.9 Å². The summed E-state index contributed by atoms with van der Waals surface area (Å²) in [5.41, 5.74) is 1.34. The van der Waals surface area contributed by atoms with Gasteiger partial charge in [-0.15, -0.1) is 0 Å². The molecule has 11 heteroatoms. The summed E-state index contributed by atoms with van der Waals surface area (Å²) in [7, 11) is 1.65. The van der Waals surface area contributed by atoms with Crippen LogP contribution in [-0.4, -0.2) is 91.6 Å². The second-order valence-electron chi connectivity index (χ2n) is 11.2. The highest BCUT2D eigenvalue weighted by atomic mass is 19.1. The number of fused-ring (bicyclic) bond motifs is 2. The number of hydrogen-bond acceptors (Lipinski definition) is 7. The number of amides is 3. The lowest BCUT2D eigenvalue weighted by atomic mass is 9.98. The van der Waals surface area contributed by atoms with Crippen LogP contribution in [0.5, 0.6) is 5.75 Å². The quantitative estimate of drug-likeness (QED) is 0.415. The van der Waals surface area contributed by atoms with Gasteiger partial charge < -0.3 is 30.3 Å². The van der Waals surface area contributed by atoms with Crippen molar-refractivity contribution in [3.63, 3.8) is 0 Å². The molecule has 0 unspecified atom stereocenters. The van der Waals surface area contributed by atoms with E-state index in [1.54, 1.807) is 18.9 Å². The molecule has 0 spiro atoms. The number of carbonyl (C=O) groups is 3. The topological polar surface area (TPSA) is 112 Å². The first-order valence-corrected chi connectivity index (χ1v) is 14.7. The standard InChI is InChI=1S/C31H40FN5O5/c1-4-41-23-15-22-16-37(31(40)28(35-29(38)19(2)33-3)20-9-11-21(32)12-10-20)26(18-36(22)17-23)30(39)34-25-13-14-42-27-8-6-5-7-24(25)27/h5-12,19,22-23,25-26,28,33H,4,13-18H2,1-3H3,(H,34,39)(H,35,38)/t19-,22+,23+,25+,26-,28-/m0/s1. The molecular weight excluding hydrogens is 541 g/mol. The monoisotopic (exact) mass is 581 g/mol. The van der Waals surface area contributed by atoms with E-state index >= 15 is 0 Å². The Morgan fingerprint density at radius 3 is 2.60 bits per heavy atom. The molecule has 3 aliphatic heterocycles. The Morgan fingerprint density at radius 2 is 1.86 bits per heavy atom. The number of piperazine rings is 1. The SMILES string of the molecule is CCO[C@@H]1C[C@@H]2CN(C(=O)[C@@H](NC(=O)[C@H](C)NC)c3ccc(F)cc3)[C@H](C(=O)N[C@@H]3CCOc4ccccc43)CN2C1. The lowest BCUT2D eigenvalue weighted by Crippen LogP contribution is -2.64. The molecule has 5 rings (SSSR count). The van der Waals surface area contributed by atoms with Crippen molar-refractivity contribution in [1.82, 2.24) is 25.8 Å². The molecular formula is C31H40FN5O5. The predicted molar refractivity (Wildman–Crippen MR) is 154 cm³/mol. The summed E-state index contributed by atoms with van der Waals surface area (Å²) in [5, 5.41) is 8.91. The van der Waals surface area contributed by atoms with Crippen LogP contribution in [0.3, 0.4) is 0 Å². The van der Waals surface area contributed by atoms with Crippen molar-refractivity contribution in [2.24, 2.45) is 0 Å². The van der Waals surface area contributed by atoms with Gasteiger partial charge in [0.25, 0.3) is 5.91 Å². The fourth-order valence-electron chi connectivity index (χ4n) is 6.12. The summed E-state index contributed by atoms with van der Waals surface area (Å²) >= 11 is 0. The van der Waals surface area contributed by atoms with Gasteiger partial charge in [-0.2, -0.15) is 0 Å². The molecule has 3 N–H and O–H groups in total. The molecule has 6 atom stereocenters. The summed E-state index contributed by atoms with van der Waals surface area (Å²) in [6.45, 7) is 6.03. The van der Waals surface area contributed by atoms with Crippen LogP contribution in [-0.2, 0) is 19.1 Å². The Morgan fingerprint density at radius 1 is 1.10 bits per heavy atom. The second-order valence-corrected chi connectivity index (χ2v) is 11.2. The van der Waals surface area contributed by atoms with Crippen LogP contribution < -0.4 is 20.7 Å². The van der Waals surface area contributed by atoms with Gasteiger partial charge in [-0.25, -0.2) is 4.39 Å².